The predicted octanol–water partition coefficient (Wildman–Crippen LogP) is 3.35. The second kappa shape index (κ2) is 8.90. The summed E-state index contributed by atoms with van der Waals surface area (Å²) in [4.78, 5) is 21.0. The number of hydrogen-bond acceptors (Lipinski definition) is 6. The molecule has 2 heterocycles. The Balaban J connectivity index is 1.42. The van der Waals surface area contributed by atoms with Crippen molar-refractivity contribution in [2.45, 2.75) is 11.4 Å². The molecule has 1 amide bonds. The molecule has 0 atom stereocenters. The zero-order valence-electron chi connectivity index (χ0n) is 16.2. The fourth-order valence-corrected chi connectivity index (χ4v) is 3.84. The minimum atomic E-state index is -3.77. The topological polar surface area (TPSA) is 114 Å². The highest BCUT2D eigenvalue weighted by Gasteiger charge is 2.15. The molecule has 4 aromatic rings. The van der Waals surface area contributed by atoms with Gasteiger partial charge in [-0.2, -0.15) is 0 Å². The Hall–Kier alpha value is -3.82. The molecular formula is C22H18N4O4S. The minimum absolute atomic E-state index is 0.0289. The minimum Gasteiger partial charge on any atom is -0.468 e. The molecule has 0 unspecified atom stereocenters. The third-order valence-corrected chi connectivity index (χ3v) is 5.70. The molecule has 0 spiro atoms. The Bertz CT molecular complexity index is 1350. The molecule has 0 aliphatic rings. The molecule has 156 valence electrons. The molecular weight excluding hydrogens is 416 g/mol. The van der Waals surface area contributed by atoms with Crippen LogP contribution in [0.5, 0.6) is 0 Å². The predicted molar refractivity (Wildman–Crippen MR) is 116 cm³/mol. The van der Waals surface area contributed by atoms with Crippen LogP contribution in [0.15, 0.2) is 88.5 Å². The van der Waals surface area contributed by atoms with E-state index in [-0.39, 0.29) is 11.4 Å². The van der Waals surface area contributed by atoms with Gasteiger partial charge in [-0.15, -0.1) is 0 Å². The van der Waals surface area contributed by atoms with E-state index in [0.29, 0.717) is 17.1 Å². The first-order valence-electron chi connectivity index (χ1n) is 9.33. The summed E-state index contributed by atoms with van der Waals surface area (Å²) in [7, 11) is -3.77. The van der Waals surface area contributed by atoms with E-state index in [0.717, 1.165) is 11.0 Å². The third-order valence-electron chi connectivity index (χ3n) is 4.30. The summed E-state index contributed by atoms with van der Waals surface area (Å²) in [5.41, 5.74) is 2.38. The Kier molecular flexibility index (Phi) is 5.87. The van der Waals surface area contributed by atoms with E-state index in [2.05, 4.69) is 20.0 Å². The van der Waals surface area contributed by atoms with Crippen molar-refractivity contribution in [2.24, 2.45) is 0 Å². The molecule has 0 saturated heterocycles. The van der Waals surface area contributed by atoms with Gasteiger partial charge in [0.05, 0.1) is 40.6 Å². The maximum Gasteiger partial charge on any atom is 0.248 e. The summed E-state index contributed by atoms with van der Waals surface area (Å²) in [6, 6.07) is 16.8. The van der Waals surface area contributed by atoms with Crippen molar-refractivity contribution in [3.63, 3.8) is 0 Å². The van der Waals surface area contributed by atoms with Crippen LogP contribution < -0.4 is 10.0 Å². The Morgan fingerprint density at radius 2 is 1.87 bits per heavy atom. The quantitative estimate of drug-likeness (QED) is 0.431. The van der Waals surface area contributed by atoms with Crippen LogP contribution in [0.2, 0.25) is 0 Å². The number of nitrogens with zero attached hydrogens (tertiary/aromatic N) is 2. The van der Waals surface area contributed by atoms with Gasteiger partial charge in [-0.25, -0.2) is 18.1 Å². The molecule has 4 rings (SSSR count). The van der Waals surface area contributed by atoms with Crippen LogP contribution in [0.4, 0.5) is 5.69 Å². The zero-order valence-corrected chi connectivity index (χ0v) is 17.0. The van der Waals surface area contributed by atoms with Crippen LogP contribution in [0.3, 0.4) is 0 Å². The number of anilines is 1. The number of benzene rings is 2. The van der Waals surface area contributed by atoms with Gasteiger partial charge in [0, 0.05) is 11.8 Å². The lowest BCUT2D eigenvalue weighted by Gasteiger charge is -2.08. The first kappa shape index (κ1) is 20.5. The number of carbonyl (C=O) groups excluding carboxylic acids is 1. The molecule has 0 aliphatic heterocycles. The summed E-state index contributed by atoms with van der Waals surface area (Å²) in [5.74, 6) is 0.0722. The molecule has 0 saturated carbocycles. The summed E-state index contributed by atoms with van der Waals surface area (Å²) < 4.78 is 32.6. The standard InChI is InChI=1S/C22H18N4O4S/c27-22(11-10-17-14-23-20-8-1-2-9-21(20)25-17)26-16-5-3-7-19(13-16)31(28,29)24-15-18-6-4-12-30-18/h1-14,24H,15H2,(H,26,27)/b11-10+. The molecule has 2 aromatic carbocycles. The van der Waals surface area contributed by atoms with Gasteiger partial charge in [0.15, 0.2) is 0 Å². The molecule has 31 heavy (non-hydrogen) atoms. The van der Waals surface area contributed by atoms with Gasteiger partial charge in [-0.1, -0.05) is 18.2 Å². The summed E-state index contributed by atoms with van der Waals surface area (Å²) in [5, 5.41) is 2.65. The normalized spacial score (nSPS) is 11.7. The SMILES string of the molecule is O=C(/C=C/c1cnc2ccccc2n1)Nc1cccc(S(=O)(=O)NCc2ccco2)c1. The number of rotatable bonds is 7. The summed E-state index contributed by atoms with van der Waals surface area (Å²) in [6.07, 6.45) is 5.90. The van der Waals surface area contributed by atoms with E-state index in [4.69, 9.17) is 4.42 Å². The van der Waals surface area contributed by atoms with Gasteiger partial charge in [-0.05, 0) is 48.5 Å². The number of aromatic nitrogens is 2. The van der Waals surface area contributed by atoms with Crippen molar-refractivity contribution in [3.8, 4) is 0 Å². The maximum atomic E-state index is 12.5. The van der Waals surface area contributed by atoms with E-state index in [9.17, 15) is 13.2 Å². The number of hydrogen-bond donors (Lipinski definition) is 2. The Morgan fingerprint density at radius 1 is 1.03 bits per heavy atom. The van der Waals surface area contributed by atoms with Crippen molar-refractivity contribution in [2.75, 3.05) is 5.32 Å². The zero-order chi connectivity index (χ0) is 21.7. The molecule has 0 bridgehead atoms. The lowest BCUT2D eigenvalue weighted by molar-refractivity contribution is -0.111. The average Bonchev–Trinajstić information content (AvgIpc) is 3.30. The number of fused-ring (bicyclic) bond motifs is 1. The third kappa shape index (κ3) is 5.21. The van der Waals surface area contributed by atoms with E-state index >= 15 is 0 Å². The molecule has 0 aliphatic carbocycles. The maximum absolute atomic E-state index is 12.5. The highest BCUT2D eigenvalue weighted by molar-refractivity contribution is 7.89. The number of furan rings is 1. The average molecular weight is 434 g/mol. The van der Waals surface area contributed by atoms with Crippen LogP contribution in [-0.4, -0.2) is 24.3 Å². The van der Waals surface area contributed by atoms with Gasteiger partial charge < -0.3 is 9.73 Å². The van der Waals surface area contributed by atoms with E-state index in [1.165, 1.54) is 24.5 Å². The van der Waals surface area contributed by atoms with Crippen LogP contribution in [0.25, 0.3) is 17.1 Å². The molecule has 8 nitrogen and oxygen atoms in total. The fraction of sp³-hybridized carbons (Fsp3) is 0.0455. The second-order valence-electron chi connectivity index (χ2n) is 6.54. The number of nitrogens with one attached hydrogen (secondary N) is 2. The lowest BCUT2D eigenvalue weighted by atomic mass is 10.3. The van der Waals surface area contributed by atoms with Crippen molar-refractivity contribution in [1.29, 1.82) is 0 Å². The fourth-order valence-electron chi connectivity index (χ4n) is 2.80. The largest absolute Gasteiger partial charge is 0.468 e. The molecule has 0 radical (unpaired) electrons. The van der Waals surface area contributed by atoms with Crippen LogP contribution in [0.1, 0.15) is 11.5 Å². The van der Waals surface area contributed by atoms with Crippen molar-refractivity contribution < 1.29 is 17.6 Å². The smallest absolute Gasteiger partial charge is 0.248 e. The van der Waals surface area contributed by atoms with E-state index < -0.39 is 15.9 Å². The number of carbonyl (C=O) groups is 1. The lowest BCUT2D eigenvalue weighted by Crippen LogP contribution is -2.23. The van der Waals surface area contributed by atoms with Crippen molar-refractivity contribution >= 4 is 38.7 Å². The monoisotopic (exact) mass is 434 g/mol. The first-order chi connectivity index (χ1) is 15.0. The highest BCUT2D eigenvalue weighted by atomic mass is 32.2. The van der Waals surface area contributed by atoms with Crippen molar-refractivity contribution in [3.05, 3.63) is 90.7 Å². The van der Waals surface area contributed by atoms with Crippen LogP contribution in [-0.2, 0) is 21.4 Å². The second-order valence-corrected chi connectivity index (χ2v) is 8.30. The molecule has 2 aromatic heterocycles. The number of amides is 1. The summed E-state index contributed by atoms with van der Waals surface area (Å²) in [6.45, 7) is 0.0292. The van der Waals surface area contributed by atoms with Crippen LogP contribution in [0, 0.1) is 0 Å². The molecule has 2 N–H and O–H groups in total. The number of para-hydroxylation sites is 2. The van der Waals surface area contributed by atoms with Gasteiger partial charge >= 0.3 is 0 Å². The highest BCUT2D eigenvalue weighted by Crippen LogP contribution is 2.16. The molecule has 0 fully saturated rings. The van der Waals surface area contributed by atoms with Gasteiger partial charge in [0.2, 0.25) is 15.9 Å². The number of sulfonamides is 1. The Morgan fingerprint density at radius 3 is 2.68 bits per heavy atom. The first-order valence-corrected chi connectivity index (χ1v) is 10.8. The molecule has 9 heteroatoms. The van der Waals surface area contributed by atoms with Crippen molar-refractivity contribution in [1.82, 2.24) is 14.7 Å². The Labute approximate surface area is 178 Å². The van der Waals surface area contributed by atoms with Gasteiger partial charge in [0.25, 0.3) is 0 Å². The summed E-state index contributed by atoms with van der Waals surface area (Å²) >= 11 is 0. The van der Waals surface area contributed by atoms with E-state index in [1.54, 1.807) is 36.5 Å². The van der Waals surface area contributed by atoms with Crippen LogP contribution >= 0.6 is 0 Å². The van der Waals surface area contributed by atoms with E-state index in [1.807, 2.05) is 24.3 Å². The van der Waals surface area contributed by atoms with Gasteiger partial charge in [-0.3, -0.25) is 9.78 Å². The van der Waals surface area contributed by atoms with Gasteiger partial charge in [0.1, 0.15) is 5.76 Å².